The molecule has 2 rings (SSSR count). The molecule has 0 saturated heterocycles. The molecule has 3 N–H and O–H groups in total. The molecule has 1 aliphatic rings. The van der Waals surface area contributed by atoms with Crippen molar-refractivity contribution in [2.24, 2.45) is 0 Å². The number of carboxylic acid groups (broad SMARTS) is 1. The van der Waals surface area contributed by atoms with Crippen molar-refractivity contribution in [1.82, 2.24) is 0 Å². The molecule has 0 bridgehead atoms. The number of hydrogen-bond donors (Lipinski definition) is 3. The van der Waals surface area contributed by atoms with E-state index < -0.39 is 11.9 Å². The number of carbonyl (C=O) groups is 1. The smallest absolute Gasteiger partial charge is 0.335 e. The zero-order valence-corrected chi connectivity index (χ0v) is 9.83. The third-order valence-corrected chi connectivity index (χ3v) is 1.81. The normalized spacial score (nSPS) is 12.0. The van der Waals surface area contributed by atoms with Gasteiger partial charge in [-0.1, -0.05) is 0 Å². The quantitative estimate of drug-likeness (QED) is 0.417. The van der Waals surface area contributed by atoms with Crippen molar-refractivity contribution >= 4 is 5.97 Å². The summed E-state index contributed by atoms with van der Waals surface area (Å²) in [7, 11) is 0. The fraction of sp³-hybridized carbons (Fsp3) is 0. The van der Waals surface area contributed by atoms with Gasteiger partial charge in [0.1, 0.15) is 0 Å². The number of aliphatic hydroxyl groups excluding tert-OH is 1. The van der Waals surface area contributed by atoms with E-state index >= 15 is 0 Å². The van der Waals surface area contributed by atoms with Gasteiger partial charge < -0.3 is 15.3 Å². The van der Waals surface area contributed by atoms with E-state index in [1.165, 1.54) is 18.2 Å². The first-order chi connectivity index (χ1) is 7.61. The fourth-order valence-corrected chi connectivity index (χ4v) is 1.04. The number of rotatable bonds is 1. The minimum Gasteiger partial charge on any atom is -0.481 e. The topological polar surface area (TPSA) is 77.8 Å². The van der Waals surface area contributed by atoms with Crippen LogP contribution in [0.2, 0.25) is 0 Å². The van der Waals surface area contributed by atoms with Gasteiger partial charge in [-0.2, -0.15) is 18.2 Å². The largest absolute Gasteiger partial charge is 0.481 e. The van der Waals surface area contributed by atoms with Crippen molar-refractivity contribution in [3.05, 3.63) is 65.7 Å². The molecular formula is C12H11FeO4-. The zero-order chi connectivity index (χ0) is 12.0. The Morgan fingerprint density at radius 3 is 1.88 bits per heavy atom. The van der Waals surface area contributed by atoms with Crippen LogP contribution in [0.4, 0.5) is 0 Å². The van der Waals surface area contributed by atoms with E-state index in [0.29, 0.717) is 0 Å². The molecule has 0 unspecified atom stereocenters. The first kappa shape index (κ1) is 15.2. The summed E-state index contributed by atoms with van der Waals surface area (Å²) >= 11 is 0. The monoisotopic (exact) mass is 275 g/mol. The van der Waals surface area contributed by atoms with Gasteiger partial charge in [0.15, 0.2) is 0 Å². The van der Waals surface area contributed by atoms with Crippen LogP contribution in [0.1, 0.15) is 0 Å². The van der Waals surface area contributed by atoms with Crippen LogP contribution in [-0.2, 0) is 21.9 Å². The number of hydrogen-bond acceptors (Lipinski definition) is 3. The Kier molecular flexibility index (Phi) is 6.63. The van der Waals surface area contributed by atoms with Gasteiger partial charge in [0.05, 0.1) is 11.1 Å². The molecular weight excluding hydrogens is 264 g/mol. The number of carboxylic acids is 1. The average molecular weight is 275 g/mol. The molecule has 0 saturated carbocycles. The molecule has 0 heterocycles. The summed E-state index contributed by atoms with van der Waals surface area (Å²) < 4.78 is 0. The predicted octanol–water partition coefficient (Wildman–Crippen LogP) is 2.30. The molecule has 1 aromatic carbocycles. The molecule has 0 amide bonds. The zero-order valence-electron chi connectivity index (χ0n) is 8.72. The van der Waals surface area contributed by atoms with Crippen molar-refractivity contribution in [2.75, 3.05) is 0 Å². The molecule has 0 aromatic heterocycles. The van der Waals surface area contributed by atoms with E-state index in [2.05, 4.69) is 0 Å². The van der Waals surface area contributed by atoms with Crippen LogP contribution in [0.25, 0.3) is 0 Å². The Labute approximate surface area is 109 Å². The molecule has 0 atom stereocenters. The molecule has 17 heavy (non-hydrogen) atoms. The minimum atomic E-state index is -1.09. The summed E-state index contributed by atoms with van der Waals surface area (Å²) in [5.41, 5.74) is 0.156. The second kappa shape index (κ2) is 7.44. The van der Waals surface area contributed by atoms with Crippen LogP contribution >= 0.6 is 0 Å². The summed E-state index contributed by atoms with van der Waals surface area (Å²) in [6.45, 7) is 0. The maximum absolute atomic E-state index is 10.3. The van der Waals surface area contributed by atoms with E-state index in [1.807, 2.05) is 30.3 Å². The average Bonchev–Trinajstić information content (AvgIpc) is 2.93. The van der Waals surface area contributed by atoms with E-state index in [4.69, 9.17) is 15.3 Å². The van der Waals surface area contributed by atoms with E-state index in [-0.39, 0.29) is 28.2 Å². The molecule has 5 heteroatoms. The standard InChI is InChI=1S/C7H6O4.C5H5.Fe/c8-6(9)4-1-2-5(3-4)7(10)11;1-2-4-5-3-1;/h1-3,8-9H,(H,10,11);1-5H;/q;-1;. The molecule has 0 fully saturated rings. The van der Waals surface area contributed by atoms with Crippen LogP contribution in [0.3, 0.4) is 0 Å². The van der Waals surface area contributed by atoms with Gasteiger partial charge in [0, 0.05) is 17.1 Å². The minimum absolute atomic E-state index is 0. The van der Waals surface area contributed by atoms with Crippen molar-refractivity contribution in [3.63, 3.8) is 0 Å². The van der Waals surface area contributed by atoms with Gasteiger partial charge in [-0.3, -0.25) is 0 Å². The maximum atomic E-state index is 10.3. The van der Waals surface area contributed by atoms with Gasteiger partial charge in [-0.05, 0) is 18.2 Å². The van der Waals surface area contributed by atoms with Gasteiger partial charge in [-0.25, -0.2) is 16.9 Å². The predicted molar refractivity (Wildman–Crippen MR) is 59.2 cm³/mol. The second-order valence-electron chi connectivity index (χ2n) is 2.98. The van der Waals surface area contributed by atoms with Crippen molar-refractivity contribution in [3.8, 4) is 0 Å². The second-order valence-corrected chi connectivity index (χ2v) is 2.98. The Morgan fingerprint density at radius 2 is 1.65 bits per heavy atom. The van der Waals surface area contributed by atoms with Gasteiger partial charge in [0.2, 0.25) is 0 Å². The summed E-state index contributed by atoms with van der Waals surface area (Å²) in [5, 5.41) is 25.4. The maximum Gasteiger partial charge on any atom is 0.335 e. The summed E-state index contributed by atoms with van der Waals surface area (Å²) in [6.07, 6.45) is 3.79. The van der Waals surface area contributed by atoms with Crippen molar-refractivity contribution in [1.29, 1.82) is 0 Å². The molecule has 0 aliphatic heterocycles. The van der Waals surface area contributed by atoms with Crippen molar-refractivity contribution in [2.45, 2.75) is 0 Å². The van der Waals surface area contributed by atoms with Crippen LogP contribution in [0.15, 0.2) is 65.7 Å². The van der Waals surface area contributed by atoms with Crippen LogP contribution in [0, 0.1) is 0 Å². The Hall–Kier alpha value is -1.84. The Balaban J connectivity index is 0.000000360. The molecule has 4 nitrogen and oxygen atoms in total. The molecule has 0 spiro atoms. The fourth-order valence-electron chi connectivity index (χ4n) is 1.04. The Morgan fingerprint density at radius 1 is 1.06 bits per heavy atom. The van der Waals surface area contributed by atoms with E-state index in [1.54, 1.807) is 0 Å². The third kappa shape index (κ3) is 5.15. The van der Waals surface area contributed by atoms with Gasteiger partial charge >= 0.3 is 5.97 Å². The summed E-state index contributed by atoms with van der Waals surface area (Å²) in [4.78, 5) is 10.3. The first-order valence-electron chi connectivity index (χ1n) is 4.53. The molecule has 1 aromatic rings. The summed E-state index contributed by atoms with van der Waals surface area (Å²) in [6, 6.07) is 10.0. The molecule has 1 aliphatic carbocycles. The van der Waals surface area contributed by atoms with Crippen LogP contribution in [0.5, 0.6) is 0 Å². The molecule has 0 radical (unpaired) electrons. The SMILES string of the molecule is O=C(O)C1=CC(=C(O)O)C=C1.[Fe].c1cc[cH-]c1. The number of allylic oxidation sites excluding steroid dienone is 3. The van der Waals surface area contributed by atoms with Gasteiger partial charge in [-0.15, -0.1) is 0 Å². The van der Waals surface area contributed by atoms with E-state index in [0.717, 1.165) is 0 Å². The van der Waals surface area contributed by atoms with Gasteiger partial charge in [0.25, 0.3) is 5.95 Å². The van der Waals surface area contributed by atoms with Crippen LogP contribution in [-0.4, -0.2) is 21.3 Å². The Bertz CT molecular complexity index is 420. The first-order valence-corrected chi connectivity index (χ1v) is 4.53. The van der Waals surface area contributed by atoms with E-state index in [9.17, 15) is 4.79 Å². The molecule has 92 valence electrons. The van der Waals surface area contributed by atoms with Crippen molar-refractivity contribution < 1.29 is 37.2 Å². The third-order valence-electron chi connectivity index (χ3n) is 1.81. The number of aliphatic hydroxyl groups is 2. The van der Waals surface area contributed by atoms with Crippen LogP contribution < -0.4 is 0 Å². The number of aliphatic carboxylic acids is 1. The summed E-state index contributed by atoms with van der Waals surface area (Å²) in [5.74, 6) is -1.95.